The molecule has 0 aromatic heterocycles. The first-order valence-corrected chi connectivity index (χ1v) is 6.33. The van der Waals surface area contributed by atoms with Gasteiger partial charge in [0.1, 0.15) is 0 Å². The van der Waals surface area contributed by atoms with E-state index in [-0.39, 0.29) is 0 Å². The first-order valence-electron chi connectivity index (χ1n) is 6.33. The smallest absolute Gasteiger partial charge is 0.193 e. The van der Waals surface area contributed by atoms with Gasteiger partial charge in [-0.1, -0.05) is 12.1 Å². The van der Waals surface area contributed by atoms with Gasteiger partial charge in [-0.2, -0.15) is 0 Å². The molecule has 0 atom stereocenters. The van der Waals surface area contributed by atoms with Crippen LogP contribution in [0.1, 0.15) is 19.4 Å². The predicted octanol–water partition coefficient (Wildman–Crippen LogP) is 2.06. The highest BCUT2D eigenvalue weighted by molar-refractivity contribution is 5.92. The third-order valence-corrected chi connectivity index (χ3v) is 2.91. The van der Waals surface area contributed by atoms with E-state index in [0.717, 1.165) is 12.2 Å². The zero-order chi connectivity index (χ0) is 13.5. The molecular weight excluding hydrogens is 224 g/mol. The maximum Gasteiger partial charge on any atom is 0.193 e. The lowest BCUT2D eigenvalue weighted by Gasteiger charge is -2.19. The third kappa shape index (κ3) is 5.19. The summed E-state index contributed by atoms with van der Waals surface area (Å²) in [5.41, 5.74) is 8.02. The van der Waals surface area contributed by atoms with Gasteiger partial charge in [0.2, 0.25) is 0 Å². The van der Waals surface area contributed by atoms with E-state index in [4.69, 9.17) is 5.73 Å². The normalized spacial score (nSPS) is 12.2. The highest BCUT2D eigenvalue weighted by Crippen LogP contribution is 2.08. The minimum atomic E-state index is 0.470. The summed E-state index contributed by atoms with van der Waals surface area (Å²) in [7, 11) is 2.09. The summed E-state index contributed by atoms with van der Waals surface area (Å²) in [6, 6.07) is 8.61. The maximum atomic E-state index is 5.84. The Morgan fingerprint density at radius 2 is 2.17 bits per heavy atom. The molecule has 0 amide bonds. The molecule has 0 aliphatic rings. The van der Waals surface area contributed by atoms with Crippen molar-refractivity contribution in [2.75, 3.05) is 25.5 Å². The van der Waals surface area contributed by atoms with E-state index in [1.54, 1.807) is 0 Å². The average molecular weight is 248 g/mol. The average Bonchev–Trinajstić information content (AvgIpc) is 2.28. The van der Waals surface area contributed by atoms with Crippen LogP contribution in [0.3, 0.4) is 0 Å². The summed E-state index contributed by atoms with van der Waals surface area (Å²) in [6.07, 6.45) is 0. The topological polar surface area (TPSA) is 53.6 Å². The highest BCUT2D eigenvalue weighted by atomic mass is 15.1. The van der Waals surface area contributed by atoms with Crippen LogP contribution in [0.5, 0.6) is 0 Å². The van der Waals surface area contributed by atoms with Crippen molar-refractivity contribution in [1.29, 1.82) is 0 Å². The van der Waals surface area contributed by atoms with Gasteiger partial charge in [0, 0.05) is 18.3 Å². The van der Waals surface area contributed by atoms with E-state index >= 15 is 0 Å². The van der Waals surface area contributed by atoms with Crippen molar-refractivity contribution < 1.29 is 0 Å². The number of rotatable bonds is 5. The molecule has 4 heteroatoms. The van der Waals surface area contributed by atoms with Gasteiger partial charge in [-0.25, -0.2) is 0 Å². The van der Waals surface area contributed by atoms with Gasteiger partial charge in [-0.15, -0.1) is 0 Å². The fourth-order valence-electron chi connectivity index (χ4n) is 1.50. The summed E-state index contributed by atoms with van der Waals surface area (Å²) in [4.78, 5) is 6.55. The Bertz CT molecular complexity index is 399. The molecule has 0 bridgehead atoms. The molecule has 100 valence electrons. The van der Waals surface area contributed by atoms with Crippen molar-refractivity contribution in [1.82, 2.24) is 4.90 Å². The summed E-state index contributed by atoms with van der Waals surface area (Å²) >= 11 is 0. The first-order chi connectivity index (χ1) is 8.49. The number of aryl methyl sites for hydroxylation is 1. The van der Waals surface area contributed by atoms with Crippen molar-refractivity contribution in [3.05, 3.63) is 29.8 Å². The zero-order valence-corrected chi connectivity index (χ0v) is 11.8. The summed E-state index contributed by atoms with van der Waals surface area (Å²) in [5.74, 6) is 0.470. The van der Waals surface area contributed by atoms with Crippen molar-refractivity contribution in [2.45, 2.75) is 26.8 Å². The number of hydrogen-bond acceptors (Lipinski definition) is 2. The Morgan fingerprint density at radius 1 is 1.44 bits per heavy atom. The molecule has 0 radical (unpaired) electrons. The molecule has 0 aliphatic heterocycles. The van der Waals surface area contributed by atoms with Crippen LogP contribution in [0, 0.1) is 6.92 Å². The molecule has 1 aromatic rings. The zero-order valence-electron chi connectivity index (χ0n) is 11.8. The molecule has 18 heavy (non-hydrogen) atoms. The van der Waals surface area contributed by atoms with E-state index in [2.05, 4.69) is 49.1 Å². The molecule has 3 N–H and O–H groups in total. The minimum Gasteiger partial charge on any atom is -0.370 e. The van der Waals surface area contributed by atoms with E-state index in [0.29, 0.717) is 18.5 Å². The van der Waals surface area contributed by atoms with Crippen molar-refractivity contribution in [3.63, 3.8) is 0 Å². The Balaban J connectivity index is 2.43. The summed E-state index contributed by atoms with van der Waals surface area (Å²) in [6.45, 7) is 8.00. The second-order valence-electron chi connectivity index (χ2n) is 4.84. The number of benzene rings is 1. The van der Waals surface area contributed by atoms with Gasteiger partial charge in [0.15, 0.2) is 5.96 Å². The molecule has 0 unspecified atom stereocenters. The number of nitrogens with two attached hydrogens (primary N) is 1. The highest BCUT2D eigenvalue weighted by Gasteiger charge is 2.01. The van der Waals surface area contributed by atoms with E-state index in [9.17, 15) is 0 Å². The molecule has 0 saturated heterocycles. The first kappa shape index (κ1) is 14.5. The fraction of sp³-hybridized carbons (Fsp3) is 0.500. The minimum absolute atomic E-state index is 0.470. The second kappa shape index (κ2) is 7.01. The van der Waals surface area contributed by atoms with Crippen LogP contribution in [0.4, 0.5) is 5.69 Å². The van der Waals surface area contributed by atoms with Gasteiger partial charge in [-0.3, -0.25) is 4.99 Å². The quantitative estimate of drug-likeness (QED) is 0.619. The number of likely N-dealkylation sites (N-methyl/N-ethyl adjacent to an activating group) is 1. The molecule has 1 rings (SSSR count). The lowest BCUT2D eigenvalue weighted by molar-refractivity contribution is 0.282. The van der Waals surface area contributed by atoms with Crippen molar-refractivity contribution >= 4 is 11.6 Å². The number of nitrogens with one attached hydrogen (secondary N) is 1. The molecule has 0 spiro atoms. The lowest BCUT2D eigenvalue weighted by Crippen LogP contribution is -2.30. The SMILES string of the molecule is Cc1cccc(NC(N)=NCCN(C)C(C)C)c1. The van der Waals surface area contributed by atoms with Crippen LogP contribution >= 0.6 is 0 Å². The third-order valence-electron chi connectivity index (χ3n) is 2.91. The molecular formula is C14H24N4. The summed E-state index contributed by atoms with van der Waals surface area (Å²) < 4.78 is 0. The van der Waals surface area contributed by atoms with Gasteiger partial charge in [0.25, 0.3) is 0 Å². The van der Waals surface area contributed by atoms with Crippen molar-refractivity contribution in [2.24, 2.45) is 10.7 Å². The monoisotopic (exact) mass is 248 g/mol. The van der Waals surface area contributed by atoms with Crippen LogP contribution in [0.15, 0.2) is 29.3 Å². The van der Waals surface area contributed by atoms with E-state index in [1.807, 2.05) is 18.2 Å². The van der Waals surface area contributed by atoms with Crippen LogP contribution in [-0.2, 0) is 0 Å². The number of anilines is 1. The predicted molar refractivity (Wildman–Crippen MR) is 79.1 cm³/mol. The van der Waals surface area contributed by atoms with Gasteiger partial charge < -0.3 is 16.0 Å². The van der Waals surface area contributed by atoms with Crippen LogP contribution in [0.2, 0.25) is 0 Å². The largest absolute Gasteiger partial charge is 0.370 e. The molecule has 0 heterocycles. The molecule has 1 aromatic carbocycles. The van der Waals surface area contributed by atoms with Gasteiger partial charge in [0.05, 0.1) is 6.54 Å². The number of hydrogen-bond donors (Lipinski definition) is 2. The number of guanidine groups is 1. The second-order valence-corrected chi connectivity index (χ2v) is 4.84. The summed E-state index contributed by atoms with van der Waals surface area (Å²) in [5, 5.41) is 3.09. The fourth-order valence-corrected chi connectivity index (χ4v) is 1.50. The maximum absolute atomic E-state index is 5.84. The Kier molecular flexibility index (Phi) is 5.65. The molecule has 0 saturated carbocycles. The number of nitrogens with zero attached hydrogens (tertiary/aromatic N) is 2. The van der Waals surface area contributed by atoms with Gasteiger partial charge >= 0.3 is 0 Å². The van der Waals surface area contributed by atoms with Crippen molar-refractivity contribution in [3.8, 4) is 0 Å². The molecule has 4 nitrogen and oxygen atoms in total. The van der Waals surface area contributed by atoms with Crippen LogP contribution in [0.25, 0.3) is 0 Å². The molecule has 0 fully saturated rings. The lowest BCUT2D eigenvalue weighted by atomic mass is 10.2. The van der Waals surface area contributed by atoms with Crippen LogP contribution < -0.4 is 11.1 Å². The van der Waals surface area contributed by atoms with Crippen LogP contribution in [-0.4, -0.2) is 37.0 Å². The van der Waals surface area contributed by atoms with E-state index in [1.165, 1.54) is 5.56 Å². The Labute approximate surface area is 110 Å². The van der Waals surface area contributed by atoms with Gasteiger partial charge in [-0.05, 0) is 45.5 Å². The Morgan fingerprint density at radius 3 is 2.78 bits per heavy atom. The molecule has 0 aliphatic carbocycles. The van der Waals surface area contributed by atoms with E-state index < -0.39 is 0 Å². The Hall–Kier alpha value is -1.55. The standard InChI is InChI=1S/C14H24N4/c1-11(2)18(4)9-8-16-14(15)17-13-7-5-6-12(3)10-13/h5-7,10-11H,8-9H2,1-4H3,(H3,15,16,17). The number of aliphatic imine (C=N–C) groups is 1.